The maximum Gasteiger partial charge on any atom is 0.254 e. The van der Waals surface area contributed by atoms with Gasteiger partial charge in [0, 0.05) is 59.5 Å². The largest absolute Gasteiger partial charge is 0.354 e. The van der Waals surface area contributed by atoms with Gasteiger partial charge in [0.2, 0.25) is 0 Å². The van der Waals surface area contributed by atoms with Crippen LogP contribution in [0.4, 0.5) is 5.82 Å². The highest BCUT2D eigenvalue weighted by Gasteiger charge is 2.24. The zero-order valence-electron chi connectivity index (χ0n) is 19.9. The van der Waals surface area contributed by atoms with Gasteiger partial charge in [-0.05, 0) is 50.5 Å². The van der Waals surface area contributed by atoms with Crippen molar-refractivity contribution in [3.05, 3.63) is 86.3 Å². The van der Waals surface area contributed by atoms with Gasteiger partial charge in [-0.25, -0.2) is 9.97 Å². The number of hydrogen-bond donors (Lipinski definition) is 0. The molecule has 0 N–H and O–H groups in total. The number of aryl methyl sites for hydroxylation is 3. The van der Waals surface area contributed by atoms with Gasteiger partial charge >= 0.3 is 0 Å². The van der Waals surface area contributed by atoms with Crippen molar-refractivity contribution in [2.75, 3.05) is 31.1 Å². The Morgan fingerprint density at radius 2 is 1.65 bits per heavy atom. The Morgan fingerprint density at radius 1 is 0.941 bits per heavy atom. The van der Waals surface area contributed by atoms with E-state index >= 15 is 0 Å². The maximum atomic E-state index is 13.2. The van der Waals surface area contributed by atoms with Crippen LogP contribution in [-0.2, 0) is 12.8 Å². The minimum Gasteiger partial charge on any atom is -0.354 e. The predicted molar refractivity (Wildman–Crippen MR) is 139 cm³/mol. The van der Waals surface area contributed by atoms with E-state index in [-0.39, 0.29) is 5.91 Å². The molecule has 1 saturated heterocycles. The van der Waals surface area contributed by atoms with Crippen molar-refractivity contribution in [2.24, 2.45) is 0 Å². The SMILES string of the molecule is CCc1nc(C)nc(N2CCCN(C(=O)c3cc(Cl)cc(Cl)c3)CC2)c1Cc1ccc(C)cc1. The maximum absolute atomic E-state index is 13.2. The van der Waals surface area contributed by atoms with E-state index in [1.165, 1.54) is 16.7 Å². The van der Waals surface area contributed by atoms with Crippen molar-refractivity contribution < 1.29 is 4.79 Å². The first kappa shape index (κ1) is 24.5. The van der Waals surface area contributed by atoms with Crippen LogP contribution in [0.2, 0.25) is 10.0 Å². The molecular formula is C27H30Cl2N4O. The molecule has 2 aromatic carbocycles. The highest BCUT2D eigenvalue weighted by Crippen LogP contribution is 2.27. The third-order valence-corrected chi connectivity index (χ3v) is 6.65. The normalized spacial score (nSPS) is 14.3. The Labute approximate surface area is 211 Å². The van der Waals surface area contributed by atoms with Gasteiger partial charge in [0.25, 0.3) is 5.91 Å². The van der Waals surface area contributed by atoms with Crippen LogP contribution in [0, 0.1) is 13.8 Å². The monoisotopic (exact) mass is 496 g/mol. The molecule has 7 heteroatoms. The summed E-state index contributed by atoms with van der Waals surface area (Å²) < 4.78 is 0. The number of carbonyl (C=O) groups is 1. The standard InChI is InChI=1S/C27H30Cl2N4O/c1-4-25-24(14-20-8-6-18(2)7-9-20)26(31-19(3)30-25)32-10-5-11-33(13-12-32)27(34)21-15-22(28)17-23(29)16-21/h6-9,15-17H,4-5,10-14H2,1-3H3. The highest BCUT2D eigenvalue weighted by atomic mass is 35.5. The van der Waals surface area contributed by atoms with E-state index in [0.717, 1.165) is 43.1 Å². The summed E-state index contributed by atoms with van der Waals surface area (Å²) >= 11 is 12.3. The molecule has 0 unspecified atom stereocenters. The second-order valence-corrected chi connectivity index (χ2v) is 9.70. The van der Waals surface area contributed by atoms with Gasteiger partial charge in [0.15, 0.2) is 0 Å². The second-order valence-electron chi connectivity index (χ2n) is 8.83. The molecule has 1 aromatic heterocycles. The smallest absolute Gasteiger partial charge is 0.254 e. The lowest BCUT2D eigenvalue weighted by atomic mass is 10.0. The number of benzene rings is 2. The lowest BCUT2D eigenvalue weighted by molar-refractivity contribution is 0.0767. The van der Waals surface area contributed by atoms with E-state index in [0.29, 0.717) is 35.2 Å². The Balaban J connectivity index is 1.59. The summed E-state index contributed by atoms with van der Waals surface area (Å²) in [5.41, 5.74) is 5.29. The van der Waals surface area contributed by atoms with Gasteiger partial charge in [0.1, 0.15) is 11.6 Å². The molecule has 2 heterocycles. The fourth-order valence-corrected chi connectivity index (χ4v) is 5.00. The first-order valence-electron chi connectivity index (χ1n) is 11.8. The Hall–Kier alpha value is -2.63. The summed E-state index contributed by atoms with van der Waals surface area (Å²) in [6, 6.07) is 13.6. The molecule has 0 radical (unpaired) electrons. The van der Waals surface area contributed by atoms with Crippen LogP contribution in [0.25, 0.3) is 0 Å². The number of anilines is 1. The van der Waals surface area contributed by atoms with Crippen molar-refractivity contribution in [3.8, 4) is 0 Å². The molecule has 1 fully saturated rings. The summed E-state index contributed by atoms with van der Waals surface area (Å²) in [6.07, 6.45) is 2.50. The molecule has 1 amide bonds. The number of hydrogen-bond acceptors (Lipinski definition) is 4. The van der Waals surface area contributed by atoms with Gasteiger partial charge in [-0.15, -0.1) is 0 Å². The van der Waals surface area contributed by atoms with Crippen molar-refractivity contribution in [1.29, 1.82) is 0 Å². The van der Waals surface area contributed by atoms with Crippen LogP contribution in [-0.4, -0.2) is 47.0 Å². The predicted octanol–water partition coefficient (Wildman–Crippen LogP) is 5.91. The third kappa shape index (κ3) is 5.70. The summed E-state index contributed by atoms with van der Waals surface area (Å²) in [7, 11) is 0. The molecule has 3 aromatic rings. The number of aromatic nitrogens is 2. The van der Waals surface area contributed by atoms with Gasteiger partial charge in [-0.1, -0.05) is 60.0 Å². The van der Waals surface area contributed by atoms with Gasteiger partial charge < -0.3 is 9.80 Å². The summed E-state index contributed by atoms with van der Waals surface area (Å²) in [5, 5.41) is 0.938. The molecule has 0 bridgehead atoms. The quantitative estimate of drug-likeness (QED) is 0.440. The number of carbonyl (C=O) groups excluding carboxylic acids is 1. The number of rotatable bonds is 5. The van der Waals surface area contributed by atoms with E-state index in [4.69, 9.17) is 33.2 Å². The average Bonchev–Trinajstić information content (AvgIpc) is 3.06. The van der Waals surface area contributed by atoms with E-state index in [1.807, 2.05) is 11.8 Å². The lowest BCUT2D eigenvalue weighted by Gasteiger charge is -2.26. The van der Waals surface area contributed by atoms with Crippen LogP contribution in [0.3, 0.4) is 0 Å². The van der Waals surface area contributed by atoms with E-state index in [2.05, 4.69) is 43.0 Å². The molecule has 4 rings (SSSR count). The molecule has 178 valence electrons. The fourth-order valence-electron chi connectivity index (χ4n) is 4.47. The van der Waals surface area contributed by atoms with Crippen LogP contribution in [0.5, 0.6) is 0 Å². The molecule has 0 atom stereocenters. The van der Waals surface area contributed by atoms with Crippen LogP contribution < -0.4 is 4.90 Å². The summed E-state index contributed by atoms with van der Waals surface area (Å²) in [5.74, 6) is 1.73. The Bertz CT molecular complexity index is 1160. The Morgan fingerprint density at radius 3 is 2.32 bits per heavy atom. The molecule has 1 aliphatic heterocycles. The molecular weight excluding hydrogens is 467 g/mol. The Kier molecular flexibility index (Phi) is 7.74. The van der Waals surface area contributed by atoms with Crippen molar-refractivity contribution in [2.45, 2.75) is 40.0 Å². The van der Waals surface area contributed by atoms with Gasteiger partial charge in [-0.3, -0.25) is 4.79 Å². The molecule has 0 spiro atoms. The van der Waals surface area contributed by atoms with E-state index in [9.17, 15) is 4.79 Å². The molecule has 1 aliphatic rings. The summed E-state index contributed by atoms with van der Waals surface area (Å²) in [4.78, 5) is 27.0. The summed E-state index contributed by atoms with van der Waals surface area (Å²) in [6.45, 7) is 9.03. The highest BCUT2D eigenvalue weighted by molar-refractivity contribution is 6.35. The van der Waals surface area contributed by atoms with E-state index in [1.54, 1.807) is 18.2 Å². The van der Waals surface area contributed by atoms with Gasteiger partial charge in [-0.2, -0.15) is 0 Å². The fraction of sp³-hybridized carbons (Fsp3) is 0.370. The topological polar surface area (TPSA) is 49.3 Å². The average molecular weight is 497 g/mol. The lowest BCUT2D eigenvalue weighted by Crippen LogP contribution is -2.35. The van der Waals surface area contributed by atoms with Crippen LogP contribution in [0.1, 0.15) is 51.9 Å². The van der Waals surface area contributed by atoms with Crippen LogP contribution >= 0.6 is 23.2 Å². The number of nitrogens with zero attached hydrogens (tertiary/aromatic N) is 4. The number of amides is 1. The molecule has 34 heavy (non-hydrogen) atoms. The second kappa shape index (κ2) is 10.7. The first-order valence-corrected chi connectivity index (χ1v) is 12.5. The van der Waals surface area contributed by atoms with Crippen LogP contribution in [0.15, 0.2) is 42.5 Å². The molecule has 0 aliphatic carbocycles. The minimum atomic E-state index is -0.0424. The molecule has 0 saturated carbocycles. The first-order chi connectivity index (χ1) is 16.3. The zero-order chi connectivity index (χ0) is 24.2. The van der Waals surface area contributed by atoms with Crippen molar-refractivity contribution >= 4 is 34.9 Å². The minimum absolute atomic E-state index is 0.0424. The zero-order valence-corrected chi connectivity index (χ0v) is 21.5. The van der Waals surface area contributed by atoms with Crippen molar-refractivity contribution in [3.63, 3.8) is 0 Å². The third-order valence-electron chi connectivity index (χ3n) is 6.21. The number of halogens is 2. The van der Waals surface area contributed by atoms with Crippen molar-refractivity contribution in [1.82, 2.24) is 14.9 Å². The van der Waals surface area contributed by atoms with E-state index < -0.39 is 0 Å². The molecule has 5 nitrogen and oxygen atoms in total. The van der Waals surface area contributed by atoms with Gasteiger partial charge in [0.05, 0.1) is 0 Å².